The van der Waals surface area contributed by atoms with E-state index in [4.69, 9.17) is 0 Å². The van der Waals surface area contributed by atoms with Gasteiger partial charge in [-0.3, -0.25) is 14.3 Å². The van der Waals surface area contributed by atoms with Crippen LogP contribution in [-0.4, -0.2) is 28.1 Å². The van der Waals surface area contributed by atoms with Crippen molar-refractivity contribution in [3.05, 3.63) is 68.7 Å². The molecule has 0 saturated heterocycles. The monoisotopic (exact) mass is 410 g/mol. The van der Waals surface area contributed by atoms with Gasteiger partial charge >= 0.3 is 11.8 Å². The van der Waals surface area contributed by atoms with Crippen molar-refractivity contribution in [1.29, 1.82) is 0 Å². The van der Waals surface area contributed by atoms with E-state index in [1.807, 2.05) is 75.0 Å². The van der Waals surface area contributed by atoms with Crippen molar-refractivity contribution in [2.75, 3.05) is 11.9 Å². The van der Waals surface area contributed by atoms with E-state index < -0.39 is 11.8 Å². The zero-order valence-corrected chi connectivity index (χ0v) is 18.2. The summed E-state index contributed by atoms with van der Waals surface area (Å²) in [7, 11) is 0. The number of thiophene rings is 1. The van der Waals surface area contributed by atoms with Gasteiger partial charge in [0, 0.05) is 22.8 Å². The molecule has 2 aromatic heterocycles. The first-order valence-electron chi connectivity index (χ1n) is 9.49. The Balaban J connectivity index is 1.72. The minimum Gasteiger partial charge on any atom is -0.345 e. The molecule has 0 aliphatic rings. The second kappa shape index (κ2) is 8.61. The maximum atomic E-state index is 12.5. The van der Waals surface area contributed by atoms with Gasteiger partial charge in [0.1, 0.15) is 6.04 Å². The molecular weight excluding hydrogens is 384 g/mol. The summed E-state index contributed by atoms with van der Waals surface area (Å²) in [5, 5.41) is 12.1. The van der Waals surface area contributed by atoms with Crippen LogP contribution in [0.15, 0.2) is 35.7 Å². The summed E-state index contributed by atoms with van der Waals surface area (Å²) in [5.74, 6) is -1.33. The van der Waals surface area contributed by atoms with E-state index in [0.29, 0.717) is 5.69 Å². The van der Waals surface area contributed by atoms with Gasteiger partial charge in [0.05, 0.1) is 5.69 Å². The molecular formula is C22H26N4O2S. The van der Waals surface area contributed by atoms with Gasteiger partial charge in [-0.05, 0) is 63.3 Å². The number of nitrogens with one attached hydrogen (secondary N) is 2. The molecule has 1 aromatic carbocycles. The Kier molecular flexibility index (Phi) is 6.17. The van der Waals surface area contributed by atoms with Crippen LogP contribution in [-0.2, 0) is 9.59 Å². The van der Waals surface area contributed by atoms with Crippen LogP contribution >= 0.6 is 11.3 Å². The number of hydrogen-bond acceptors (Lipinski definition) is 4. The summed E-state index contributed by atoms with van der Waals surface area (Å²) in [4.78, 5) is 26.0. The predicted octanol–water partition coefficient (Wildman–Crippen LogP) is 3.83. The van der Waals surface area contributed by atoms with E-state index in [9.17, 15) is 9.59 Å². The maximum Gasteiger partial charge on any atom is 0.313 e. The number of nitrogens with zero attached hydrogens (tertiary/aromatic N) is 2. The fourth-order valence-corrected chi connectivity index (χ4v) is 4.38. The van der Waals surface area contributed by atoms with E-state index in [1.54, 1.807) is 11.3 Å². The molecule has 7 heteroatoms. The molecule has 6 nitrogen and oxygen atoms in total. The zero-order chi connectivity index (χ0) is 21.1. The van der Waals surface area contributed by atoms with Crippen molar-refractivity contribution in [3.63, 3.8) is 0 Å². The lowest BCUT2D eigenvalue weighted by Crippen LogP contribution is -2.39. The van der Waals surface area contributed by atoms with Crippen LogP contribution in [0.5, 0.6) is 0 Å². The molecule has 1 unspecified atom stereocenters. The molecule has 2 heterocycles. The first-order valence-corrected chi connectivity index (χ1v) is 10.4. The minimum absolute atomic E-state index is 0.164. The number of benzene rings is 1. The molecule has 0 saturated carbocycles. The molecule has 2 amide bonds. The van der Waals surface area contributed by atoms with E-state index in [2.05, 4.69) is 15.7 Å². The Morgan fingerprint density at radius 1 is 1.07 bits per heavy atom. The number of aromatic nitrogens is 2. The third-order valence-corrected chi connectivity index (χ3v) is 5.76. The standard InChI is InChI=1S/C22H26N4O2S/c1-13-9-14(2)20(15(3)10-13)24-22(28)21(27)23-12-18(19-7-6-8-29-19)26-17(5)11-16(4)25-26/h6-11,18H,12H2,1-5H3,(H,23,27)(H,24,28). The molecule has 29 heavy (non-hydrogen) atoms. The highest BCUT2D eigenvalue weighted by atomic mass is 32.1. The van der Waals surface area contributed by atoms with E-state index in [1.165, 1.54) is 0 Å². The Bertz CT molecular complexity index is 1010. The summed E-state index contributed by atoms with van der Waals surface area (Å²) in [5.41, 5.74) is 5.59. The minimum atomic E-state index is -0.668. The van der Waals surface area contributed by atoms with Gasteiger partial charge in [-0.15, -0.1) is 11.3 Å². The molecule has 3 aromatic rings. The van der Waals surface area contributed by atoms with Gasteiger partial charge < -0.3 is 10.6 Å². The smallest absolute Gasteiger partial charge is 0.313 e. The van der Waals surface area contributed by atoms with Crippen molar-refractivity contribution >= 4 is 28.8 Å². The third kappa shape index (κ3) is 4.74. The van der Waals surface area contributed by atoms with Gasteiger partial charge in [0.15, 0.2) is 0 Å². The topological polar surface area (TPSA) is 76.0 Å². The summed E-state index contributed by atoms with van der Waals surface area (Å²) < 4.78 is 1.90. The van der Waals surface area contributed by atoms with Crippen molar-refractivity contribution < 1.29 is 9.59 Å². The molecule has 0 aliphatic heterocycles. The zero-order valence-electron chi connectivity index (χ0n) is 17.4. The fraction of sp³-hybridized carbons (Fsp3) is 0.318. The van der Waals surface area contributed by atoms with Crippen LogP contribution in [0.2, 0.25) is 0 Å². The first-order chi connectivity index (χ1) is 13.8. The number of anilines is 1. The van der Waals surface area contributed by atoms with Gasteiger partial charge in [-0.25, -0.2) is 0 Å². The van der Waals surface area contributed by atoms with E-state index in [0.717, 1.165) is 33.0 Å². The highest BCUT2D eigenvalue weighted by molar-refractivity contribution is 7.10. The van der Waals surface area contributed by atoms with Gasteiger partial charge in [-0.1, -0.05) is 23.8 Å². The summed E-state index contributed by atoms with van der Waals surface area (Å²) in [6.45, 7) is 10.0. The molecule has 2 N–H and O–H groups in total. The van der Waals surface area contributed by atoms with Gasteiger partial charge in [-0.2, -0.15) is 5.10 Å². The molecule has 0 aliphatic carbocycles. The number of amides is 2. The first kappa shape index (κ1) is 20.8. The number of carbonyl (C=O) groups excluding carboxylic acids is 2. The molecule has 0 spiro atoms. The fourth-order valence-electron chi connectivity index (χ4n) is 3.57. The van der Waals surface area contributed by atoms with E-state index >= 15 is 0 Å². The number of rotatable bonds is 5. The third-order valence-electron chi connectivity index (χ3n) is 4.79. The Morgan fingerprint density at radius 2 is 1.76 bits per heavy atom. The lowest BCUT2D eigenvalue weighted by Gasteiger charge is -2.19. The van der Waals surface area contributed by atoms with Crippen LogP contribution in [0.3, 0.4) is 0 Å². The van der Waals surface area contributed by atoms with Crippen LogP contribution in [0.25, 0.3) is 0 Å². The number of carbonyl (C=O) groups is 2. The van der Waals surface area contributed by atoms with Crippen LogP contribution < -0.4 is 10.6 Å². The normalized spacial score (nSPS) is 11.9. The quantitative estimate of drug-likeness (QED) is 0.628. The lowest BCUT2D eigenvalue weighted by atomic mass is 10.1. The highest BCUT2D eigenvalue weighted by Gasteiger charge is 2.22. The largest absolute Gasteiger partial charge is 0.345 e. The molecule has 1 atom stereocenters. The Hall–Kier alpha value is -2.93. The Morgan fingerprint density at radius 3 is 2.31 bits per heavy atom. The van der Waals surface area contributed by atoms with Crippen LogP contribution in [0.4, 0.5) is 5.69 Å². The molecule has 0 radical (unpaired) electrons. The van der Waals surface area contributed by atoms with Crippen molar-refractivity contribution in [2.45, 2.75) is 40.7 Å². The predicted molar refractivity (Wildman–Crippen MR) is 116 cm³/mol. The molecule has 0 fully saturated rings. The molecule has 152 valence electrons. The van der Waals surface area contributed by atoms with Crippen molar-refractivity contribution in [2.24, 2.45) is 0 Å². The SMILES string of the molecule is Cc1cc(C)c(NC(=O)C(=O)NCC(c2cccs2)n2nc(C)cc2C)c(C)c1. The number of hydrogen-bond donors (Lipinski definition) is 2. The van der Waals surface area contributed by atoms with Crippen LogP contribution in [0.1, 0.15) is 39.0 Å². The Labute approximate surface area is 175 Å². The second-order valence-corrected chi connectivity index (χ2v) is 8.32. The average molecular weight is 411 g/mol. The lowest BCUT2D eigenvalue weighted by molar-refractivity contribution is -0.136. The molecule has 3 rings (SSSR count). The molecule has 0 bridgehead atoms. The summed E-state index contributed by atoms with van der Waals surface area (Å²) >= 11 is 1.60. The van der Waals surface area contributed by atoms with Crippen molar-refractivity contribution in [3.8, 4) is 0 Å². The van der Waals surface area contributed by atoms with Crippen LogP contribution in [0, 0.1) is 34.6 Å². The van der Waals surface area contributed by atoms with E-state index in [-0.39, 0.29) is 12.6 Å². The second-order valence-electron chi connectivity index (χ2n) is 7.34. The summed E-state index contributed by atoms with van der Waals surface area (Å²) in [6.07, 6.45) is 0. The van der Waals surface area contributed by atoms with Crippen molar-refractivity contribution in [1.82, 2.24) is 15.1 Å². The highest BCUT2D eigenvalue weighted by Crippen LogP contribution is 2.24. The average Bonchev–Trinajstić information content (AvgIpc) is 3.28. The summed E-state index contributed by atoms with van der Waals surface area (Å²) in [6, 6.07) is 9.78. The number of aryl methyl sites for hydroxylation is 5. The van der Waals surface area contributed by atoms with Gasteiger partial charge in [0.2, 0.25) is 0 Å². The maximum absolute atomic E-state index is 12.5. The van der Waals surface area contributed by atoms with Gasteiger partial charge in [0.25, 0.3) is 0 Å².